The summed E-state index contributed by atoms with van der Waals surface area (Å²) in [6.45, 7) is 2.84. The molecule has 1 amide bonds. The summed E-state index contributed by atoms with van der Waals surface area (Å²) in [5.74, 6) is -0.231. The average Bonchev–Trinajstić information content (AvgIpc) is 3.06. The number of nitrogens with one attached hydrogen (secondary N) is 1. The Morgan fingerprint density at radius 1 is 0.393 bits per heavy atom. The molecule has 2 fully saturated rings. The van der Waals surface area contributed by atoms with E-state index in [9.17, 15) is 45.6 Å². The molecule has 2 rings (SSSR count). The molecule has 2 saturated heterocycles. The molecule has 0 saturated carbocycles. The highest BCUT2D eigenvalue weighted by molar-refractivity contribution is 5.76. The van der Waals surface area contributed by atoms with E-state index in [4.69, 9.17) is 18.9 Å². The minimum atomic E-state index is -1.79. The van der Waals surface area contributed by atoms with Crippen molar-refractivity contribution in [2.45, 2.75) is 441 Å². The summed E-state index contributed by atoms with van der Waals surface area (Å²) in [6, 6.07) is -0.910. The standard InChI is InChI=1S/C75H145NO13/c1-3-5-7-9-11-13-15-17-19-20-21-22-23-24-25-26-27-28-29-30-31-32-33-34-35-36-37-38-39-40-41-42-43-44-45-47-49-51-53-55-57-59-67(80)76-63(64(79)58-56-54-52-50-48-46-18-16-14-12-10-8-6-4-2)62-86-74-72(85)70(83)73(66(61-78)88-74)89-75-71(84)69(82)68(81)65(60-77)87-75/h56,58,63-66,68-75,77-79,81-85H,3-55,57,59-62H2,1-2H3,(H,76,80)/b58-56+. The van der Waals surface area contributed by atoms with E-state index < -0.39 is 86.8 Å². The lowest BCUT2D eigenvalue weighted by atomic mass is 9.97. The normalized spacial score (nSPS) is 23.0. The zero-order valence-corrected chi connectivity index (χ0v) is 57.7. The number of aliphatic hydroxyl groups excluding tert-OH is 8. The maximum absolute atomic E-state index is 13.3. The Bertz CT molecular complexity index is 1540. The third-order valence-corrected chi connectivity index (χ3v) is 19.2. The number of amides is 1. The van der Waals surface area contributed by atoms with E-state index >= 15 is 0 Å². The molecule has 0 aromatic rings. The first-order valence-electron chi connectivity index (χ1n) is 38.4. The van der Waals surface area contributed by atoms with Crippen molar-refractivity contribution >= 4 is 5.91 Å². The topological polar surface area (TPSA) is 228 Å². The number of hydrogen-bond acceptors (Lipinski definition) is 13. The van der Waals surface area contributed by atoms with Crippen LogP contribution < -0.4 is 5.32 Å². The highest BCUT2D eigenvalue weighted by Crippen LogP contribution is 2.30. The Morgan fingerprint density at radius 2 is 0.697 bits per heavy atom. The van der Waals surface area contributed by atoms with Gasteiger partial charge in [0.05, 0.1) is 32.0 Å². The predicted molar refractivity (Wildman–Crippen MR) is 365 cm³/mol. The van der Waals surface area contributed by atoms with Crippen molar-refractivity contribution in [2.24, 2.45) is 0 Å². The van der Waals surface area contributed by atoms with Gasteiger partial charge in [0.1, 0.15) is 48.8 Å². The molecule has 0 aromatic carbocycles. The van der Waals surface area contributed by atoms with Gasteiger partial charge in [0.15, 0.2) is 12.6 Å². The van der Waals surface area contributed by atoms with E-state index in [-0.39, 0.29) is 18.9 Å². The van der Waals surface area contributed by atoms with Crippen molar-refractivity contribution in [1.82, 2.24) is 5.32 Å². The van der Waals surface area contributed by atoms with Crippen LogP contribution >= 0.6 is 0 Å². The van der Waals surface area contributed by atoms with Crippen molar-refractivity contribution in [3.05, 3.63) is 12.2 Å². The van der Waals surface area contributed by atoms with Crippen LogP contribution in [0.3, 0.4) is 0 Å². The summed E-state index contributed by atoms with van der Waals surface area (Å²) >= 11 is 0. The zero-order valence-electron chi connectivity index (χ0n) is 57.7. The maximum atomic E-state index is 13.3. The molecule has 12 unspecified atom stereocenters. The van der Waals surface area contributed by atoms with Gasteiger partial charge in [-0.3, -0.25) is 4.79 Å². The number of allylic oxidation sites excluding steroid dienone is 1. The summed E-state index contributed by atoms with van der Waals surface area (Å²) in [5.41, 5.74) is 0. The Balaban J connectivity index is 1.51. The van der Waals surface area contributed by atoms with E-state index in [0.29, 0.717) is 6.42 Å². The fourth-order valence-electron chi connectivity index (χ4n) is 13.1. The van der Waals surface area contributed by atoms with Gasteiger partial charge in [0.25, 0.3) is 0 Å². The van der Waals surface area contributed by atoms with E-state index in [1.165, 1.54) is 302 Å². The van der Waals surface area contributed by atoms with Crippen LogP contribution in [0.1, 0.15) is 367 Å². The molecule has 0 spiro atoms. The molecule has 0 bridgehead atoms. The summed E-state index contributed by atoms with van der Waals surface area (Å²) in [7, 11) is 0. The Hall–Kier alpha value is -1.27. The van der Waals surface area contributed by atoms with Crippen molar-refractivity contribution in [1.29, 1.82) is 0 Å². The first-order valence-corrected chi connectivity index (χ1v) is 38.4. The molecule has 2 aliphatic rings. The number of carbonyl (C=O) groups is 1. The van der Waals surface area contributed by atoms with Crippen LogP contribution in [0.5, 0.6) is 0 Å². The highest BCUT2D eigenvalue weighted by Gasteiger charge is 2.51. The second-order valence-electron chi connectivity index (χ2n) is 27.5. The molecular formula is C75H145NO13. The molecule has 12 atom stereocenters. The molecule has 2 heterocycles. The molecule has 0 aromatic heterocycles. The van der Waals surface area contributed by atoms with Gasteiger partial charge >= 0.3 is 0 Å². The largest absolute Gasteiger partial charge is 0.394 e. The minimum absolute atomic E-state index is 0.231. The molecule has 89 heavy (non-hydrogen) atoms. The molecule has 0 radical (unpaired) electrons. The molecule has 14 heteroatoms. The molecular weight excluding hydrogens is 1120 g/mol. The number of ether oxygens (including phenoxy) is 4. The van der Waals surface area contributed by atoms with Gasteiger partial charge in [0.2, 0.25) is 5.91 Å². The predicted octanol–water partition coefficient (Wildman–Crippen LogP) is 16.5. The molecule has 9 N–H and O–H groups in total. The van der Waals surface area contributed by atoms with Crippen LogP contribution in [0, 0.1) is 0 Å². The van der Waals surface area contributed by atoms with Crippen molar-refractivity contribution in [3.8, 4) is 0 Å². The van der Waals surface area contributed by atoms with Crippen molar-refractivity contribution in [3.63, 3.8) is 0 Å². The molecule has 0 aliphatic carbocycles. The van der Waals surface area contributed by atoms with Gasteiger partial charge in [-0.25, -0.2) is 0 Å². The van der Waals surface area contributed by atoms with Gasteiger partial charge < -0.3 is 65.1 Å². The summed E-state index contributed by atoms with van der Waals surface area (Å²) in [6.07, 6.45) is 59.0. The highest BCUT2D eigenvalue weighted by atomic mass is 16.7. The summed E-state index contributed by atoms with van der Waals surface area (Å²) in [5, 5.41) is 87.3. The first kappa shape index (κ1) is 83.8. The van der Waals surface area contributed by atoms with Crippen LogP contribution in [0.25, 0.3) is 0 Å². The van der Waals surface area contributed by atoms with Crippen LogP contribution in [0.15, 0.2) is 12.2 Å². The van der Waals surface area contributed by atoms with Gasteiger partial charge in [-0.1, -0.05) is 353 Å². The number of carbonyl (C=O) groups excluding carboxylic acids is 1. The van der Waals surface area contributed by atoms with Crippen molar-refractivity contribution < 1.29 is 64.6 Å². The Morgan fingerprint density at radius 3 is 1.03 bits per heavy atom. The van der Waals surface area contributed by atoms with Gasteiger partial charge in [-0.15, -0.1) is 0 Å². The lowest BCUT2D eigenvalue weighted by Gasteiger charge is -2.46. The number of unbranched alkanes of at least 4 members (excludes halogenated alkanes) is 52. The molecule has 14 nitrogen and oxygen atoms in total. The average molecular weight is 1270 g/mol. The number of hydrogen-bond donors (Lipinski definition) is 9. The fraction of sp³-hybridized carbons (Fsp3) is 0.960. The van der Waals surface area contributed by atoms with Gasteiger partial charge in [-0.05, 0) is 19.3 Å². The lowest BCUT2D eigenvalue weighted by molar-refractivity contribution is -0.359. The monoisotopic (exact) mass is 1270 g/mol. The Kier molecular flexibility index (Phi) is 56.9. The molecule has 2 aliphatic heterocycles. The second kappa shape index (κ2) is 60.4. The van der Waals surface area contributed by atoms with Crippen LogP contribution in [0.4, 0.5) is 0 Å². The second-order valence-corrected chi connectivity index (χ2v) is 27.5. The smallest absolute Gasteiger partial charge is 0.220 e. The maximum Gasteiger partial charge on any atom is 0.220 e. The fourth-order valence-corrected chi connectivity index (χ4v) is 13.1. The first-order chi connectivity index (χ1) is 43.6. The van der Waals surface area contributed by atoms with E-state index in [2.05, 4.69) is 19.2 Å². The third-order valence-electron chi connectivity index (χ3n) is 19.2. The van der Waals surface area contributed by atoms with Gasteiger partial charge in [-0.2, -0.15) is 0 Å². The minimum Gasteiger partial charge on any atom is -0.394 e. The van der Waals surface area contributed by atoms with Crippen LogP contribution in [-0.4, -0.2) is 140 Å². The lowest BCUT2D eigenvalue weighted by Crippen LogP contribution is -2.65. The van der Waals surface area contributed by atoms with Crippen molar-refractivity contribution in [2.75, 3.05) is 19.8 Å². The zero-order chi connectivity index (χ0) is 64.5. The van der Waals surface area contributed by atoms with Crippen LogP contribution in [-0.2, 0) is 23.7 Å². The third kappa shape index (κ3) is 44.2. The quantitative estimate of drug-likeness (QED) is 0.0204. The molecule has 528 valence electrons. The van der Waals surface area contributed by atoms with E-state index in [1.54, 1.807) is 6.08 Å². The SMILES string of the molecule is CCCCCCCCCCCCCC/C=C/C(O)C(COC1OC(CO)C(OC2OC(CO)C(O)C(O)C2O)C(O)C1O)NC(=O)CCCCCCCCCCCCCCCCCCCCCCCCCCCCCCCCCCCCCCCCCCC. The number of aliphatic hydroxyl groups is 8. The van der Waals surface area contributed by atoms with E-state index in [1.807, 2.05) is 6.08 Å². The summed E-state index contributed by atoms with van der Waals surface area (Å²) in [4.78, 5) is 13.3. The van der Waals surface area contributed by atoms with E-state index in [0.717, 1.165) is 38.5 Å². The number of rotatable bonds is 65. The van der Waals surface area contributed by atoms with Crippen LogP contribution in [0.2, 0.25) is 0 Å². The Labute approximate surface area is 546 Å². The summed E-state index contributed by atoms with van der Waals surface area (Å²) < 4.78 is 22.8. The van der Waals surface area contributed by atoms with Gasteiger partial charge in [0, 0.05) is 6.42 Å².